The fourth-order valence-electron chi connectivity index (χ4n) is 2.70. The van der Waals surface area contributed by atoms with E-state index in [1.165, 1.54) is 6.07 Å². The Morgan fingerprint density at radius 2 is 1.91 bits per heavy atom. The molecule has 6 heteroatoms. The molecule has 0 aliphatic carbocycles. The van der Waals surface area contributed by atoms with Gasteiger partial charge in [-0.1, -0.05) is 29.8 Å². The molecule has 0 fully saturated rings. The van der Waals surface area contributed by atoms with Crippen LogP contribution < -0.4 is 0 Å². The number of pyridine rings is 1. The predicted molar refractivity (Wildman–Crippen MR) is 90.7 cm³/mol. The molecule has 0 saturated carbocycles. The quantitative estimate of drug-likeness (QED) is 0.419. The summed E-state index contributed by atoms with van der Waals surface area (Å²) in [6, 6.07) is 14.1. The monoisotopic (exact) mass is 323 g/mol. The lowest BCUT2D eigenvalue weighted by Crippen LogP contribution is -1.88. The van der Waals surface area contributed by atoms with Gasteiger partial charge in [0, 0.05) is 40.2 Å². The minimum Gasteiger partial charge on any atom is -0.360 e. The smallest absolute Gasteiger partial charge is 0.270 e. The SMILES string of the molecule is O=[N+]([O-])c1ccc2[nH]cc(-c3cc(Cl)c4ccccc4n3)c2c1. The number of nitro groups is 1. The van der Waals surface area contributed by atoms with E-state index in [1.807, 2.05) is 24.3 Å². The zero-order chi connectivity index (χ0) is 16.0. The lowest BCUT2D eigenvalue weighted by molar-refractivity contribution is -0.384. The average molecular weight is 324 g/mol. The topological polar surface area (TPSA) is 71.8 Å². The molecule has 0 saturated heterocycles. The van der Waals surface area contributed by atoms with Crippen LogP contribution in [0.4, 0.5) is 5.69 Å². The highest BCUT2D eigenvalue weighted by Gasteiger charge is 2.14. The fourth-order valence-corrected chi connectivity index (χ4v) is 2.97. The molecule has 5 nitrogen and oxygen atoms in total. The molecule has 2 aromatic carbocycles. The van der Waals surface area contributed by atoms with Gasteiger partial charge in [0.1, 0.15) is 0 Å². The molecular weight excluding hydrogens is 314 g/mol. The molecule has 0 radical (unpaired) electrons. The third kappa shape index (κ3) is 2.22. The van der Waals surface area contributed by atoms with Crippen molar-refractivity contribution in [1.29, 1.82) is 0 Å². The van der Waals surface area contributed by atoms with Gasteiger partial charge in [-0.05, 0) is 18.2 Å². The second-order valence-electron chi connectivity index (χ2n) is 5.20. The minimum atomic E-state index is -0.406. The zero-order valence-corrected chi connectivity index (χ0v) is 12.5. The third-order valence-corrected chi connectivity index (χ3v) is 4.13. The van der Waals surface area contributed by atoms with Gasteiger partial charge in [-0.25, -0.2) is 4.98 Å². The van der Waals surface area contributed by atoms with E-state index < -0.39 is 4.92 Å². The van der Waals surface area contributed by atoms with E-state index in [9.17, 15) is 10.1 Å². The molecule has 0 amide bonds. The van der Waals surface area contributed by atoms with E-state index in [0.717, 1.165) is 27.4 Å². The summed E-state index contributed by atoms with van der Waals surface area (Å²) in [7, 11) is 0. The van der Waals surface area contributed by atoms with Crippen molar-refractivity contribution >= 4 is 39.1 Å². The molecule has 1 N–H and O–H groups in total. The van der Waals surface area contributed by atoms with Crippen molar-refractivity contribution in [3.8, 4) is 11.3 Å². The van der Waals surface area contributed by atoms with E-state index in [1.54, 1.807) is 24.4 Å². The standard InChI is InChI=1S/C17H10ClN3O2/c18-14-8-17(20-16-4-2-1-3-11(14)16)13-9-19-15-6-5-10(21(22)23)7-12(13)15/h1-9,19H. The van der Waals surface area contributed by atoms with Gasteiger partial charge in [0.2, 0.25) is 0 Å². The van der Waals surface area contributed by atoms with Crippen LogP contribution in [-0.4, -0.2) is 14.9 Å². The summed E-state index contributed by atoms with van der Waals surface area (Å²) in [6.07, 6.45) is 1.79. The van der Waals surface area contributed by atoms with Crippen LogP contribution in [0.1, 0.15) is 0 Å². The summed E-state index contributed by atoms with van der Waals surface area (Å²) in [5, 5.41) is 13.2. The first-order valence-corrected chi connectivity index (χ1v) is 7.32. The molecule has 0 aliphatic heterocycles. The molecule has 4 aromatic rings. The van der Waals surface area contributed by atoms with Crippen molar-refractivity contribution < 1.29 is 4.92 Å². The number of nitrogens with zero attached hydrogens (tertiary/aromatic N) is 2. The number of nitrogens with one attached hydrogen (secondary N) is 1. The van der Waals surface area contributed by atoms with Crippen LogP contribution in [-0.2, 0) is 0 Å². The molecule has 0 spiro atoms. The third-order valence-electron chi connectivity index (χ3n) is 3.82. The number of halogens is 1. The number of hydrogen-bond donors (Lipinski definition) is 1. The molecular formula is C17H10ClN3O2. The van der Waals surface area contributed by atoms with Gasteiger partial charge in [0.15, 0.2) is 0 Å². The number of aromatic nitrogens is 2. The number of aromatic amines is 1. The fraction of sp³-hybridized carbons (Fsp3) is 0. The lowest BCUT2D eigenvalue weighted by atomic mass is 10.1. The van der Waals surface area contributed by atoms with Crippen LogP contribution in [0.15, 0.2) is 54.7 Å². The summed E-state index contributed by atoms with van der Waals surface area (Å²) in [5.41, 5.74) is 3.12. The Morgan fingerprint density at radius 3 is 2.74 bits per heavy atom. The highest BCUT2D eigenvalue weighted by molar-refractivity contribution is 6.35. The minimum absolute atomic E-state index is 0.0465. The van der Waals surface area contributed by atoms with E-state index >= 15 is 0 Å². The summed E-state index contributed by atoms with van der Waals surface area (Å²) in [4.78, 5) is 18.3. The van der Waals surface area contributed by atoms with Crippen molar-refractivity contribution in [2.24, 2.45) is 0 Å². The van der Waals surface area contributed by atoms with E-state index in [2.05, 4.69) is 9.97 Å². The Labute approximate surface area is 135 Å². The number of fused-ring (bicyclic) bond motifs is 2. The van der Waals surface area contributed by atoms with E-state index in [0.29, 0.717) is 10.7 Å². The number of rotatable bonds is 2. The Morgan fingerprint density at radius 1 is 1.09 bits per heavy atom. The van der Waals surface area contributed by atoms with Crippen LogP contribution in [0.2, 0.25) is 5.02 Å². The van der Waals surface area contributed by atoms with Crippen molar-refractivity contribution in [2.45, 2.75) is 0 Å². The zero-order valence-electron chi connectivity index (χ0n) is 11.8. The number of benzene rings is 2. The van der Waals surface area contributed by atoms with Crippen LogP contribution in [0, 0.1) is 10.1 Å². The second kappa shape index (κ2) is 5.07. The average Bonchev–Trinajstić information content (AvgIpc) is 2.98. The number of non-ortho nitro benzene ring substituents is 1. The van der Waals surface area contributed by atoms with Gasteiger partial charge >= 0.3 is 0 Å². The maximum Gasteiger partial charge on any atom is 0.270 e. The Hall–Kier alpha value is -2.92. The predicted octanol–water partition coefficient (Wildman–Crippen LogP) is 4.94. The van der Waals surface area contributed by atoms with Crippen LogP contribution in [0.3, 0.4) is 0 Å². The molecule has 23 heavy (non-hydrogen) atoms. The van der Waals surface area contributed by atoms with Crippen molar-refractivity contribution in [3.63, 3.8) is 0 Å². The first-order chi connectivity index (χ1) is 11.1. The highest BCUT2D eigenvalue weighted by Crippen LogP contribution is 2.33. The van der Waals surface area contributed by atoms with Crippen LogP contribution >= 0.6 is 11.6 Å². The molecule has 2 heterocycles. The molecule has 2 aromatic heterocycles. The number of nitro benzene ring substituents is 1. The van der Waals surface area contributed by atoms with Crippen molar-refractivity contribution in [2.75, 3.05) is 0 Å². The van der Waals surface area contributed by atoms with Crippen LogP contribution in [0.25, 0.3) is 33.1 Å². The number of para-hydroxylation sites is 1. The Balaban J connectivity index is 1.98. The van der Waals surface area contributed by atoms with Gasteiger partial charge in [-0.3, -0.25) is 10.1 Å². The summed E-state index contributed by atoms with van der Waals surface area (Å²) < 4.78 is 0. The molecule has 0 unspecified atom stereocenters. The normalized spacial score (nSPS) is 11.2. The maximum absolute atomic E-state index is 11.0. The maximum atomic E-state index is 11.0. The molecule has 4 rings (SSSR count). The Kier molecular flexibility index (Phi) is 3.02. The number of hydrogen-bond acceptors (Lipinski definition) is 3. The lowest BCUT2D eigenvalue weighted by Gasteiger charge is -2.04. The van der Waals surface area contributed by atoms with Gasteiger partial charge in [0.25, 0.3) is 5.69 Å². The van der Waals surface area contributed by atoms with E-state index in [-0.39, 0.29) is 5.69 Å². The van der Waals surface area contributed by atoms with Gasteiger partial charge < -0.3 is 4.98 Å². The van der Waals surface area contributed by atoms with Gasteiger partial charge in [-0.15, -0.1) is 0 Å². The molecule has 0 aliphatic rings. The summed E-state index contributed by atoms with van der Waals surface area (Å²) >= 11 is 6.35. The first kappa shape index (κ1) is 13.7. The van der Waals surface area contributed by atoms with E-state index in [4.69, 9.17) is 11.6 Å². The largest absolute Gasteiger partial charge is 0.360 e. The van der Waals surface area contributed by atoms with Crippen LogP contribution in [0.5, 0.6) is 0 Å². The molecule has 0 bridgehead atoms. The second-order valence-corrected chi connectivity index (χ2v) is 5.60. The molecule has 112 valence electrons. The van der Waals surface area contributed by atoms with Gasteiger partial charge in [0.05, 0.1) is 21.2 Å². The van der Waals surface area contributed by atoms with Crippen molar-refractivity contribution in [3.05, 3.63) is 69.9 Å². The summed E-state index contributed by atoms with van der Waals surface area (Å²) in [6.45, 7) is 0. The van der Waals surface area contributed by atoms with Gasteiger partial charge in [-0.2, -0.15) is 0 Å². The van der Waals surface area contributed by atoms with Crippen molar-refractivity contribution in [1.82, 2.24) is 9.97 Å². The first-order valence-electron chi connectivity index (χ1n) is 6.95. The molecule has 0 atom stereocenters. The summed E-state index contributed by atoms with van der Waals surface area (Å²) in [5.74, 6) is 0. The highest BCUT2D eigenvalue weighted by atomic mass is 35.5. The Bertz CT molecular complexity index is 1070. The number of H-pyrrole nitrogens is 1.